The first kappa shape index (κ1) is 29.5. The number of benzene rings is 2. The molecule has 2 aromatic heterocycles. The number of thioether (sulfide) groups is 1. The number of rotatable bonds is 4. The zero-order valence-corrected chi connectivity index (χ0v) is 25.2. The first-order valence-corrected chi connectivity index (χ1v) is 16.0. The predicted octanol–water partition coefficient (Wildman–Crippen LogP) is 5.49. The highest BCUT2D eigenvalue weighted by atomic mass is 35.5. The zero-order valence-electron chi connectivity index (χ0n) is 22.1. The fraction of sp³-hybridized carbons (Fsp3) is 0.154. The van der Waals surface area contributed by atoms with Gasteiger partial charge in [0.05, 0.1) is 34.5 Å². The first-order chi connectivity index (χ1) is 20.0. The van der Waals surface area contributed by atoms with Gasteiger partial charge in [-0.1, -0.05) is 59.2 Å². The predicted molar refractivity (Wildman–Crippen MR) is 162 cm³/mol. The summed E-state index contributed by atoms with van der Waals surface area (Å²) in [6.07, 6.45) is 6.03. The van der Waals surface area contributed by atoms with Crippen molar-refractivity contribution in [2.75, 3.05) is 32.9 Å². The van der Waals surface area contributed by atoms with Crippen molar-refractivity contribution in [3.05, 3.63) is 82.1 Å². The number of halogens is 2. The number of nitrogens with zero attached hydrogens (tertiary/aromatic N) is 6. The lowest BCUT2D eigenvalue weighted by molar-refractivity contribution is 0.255. The zero-order chi connectivity index (χ0) is 30.0. The van der Waals surface area contributed by atoms with Crippen molar-refractivity contribution in [1.29, 1.82) is 0 Å². The SMILES string of the molecule is CS(=O)(=O)c1ncc2c(n1)NC(=O)N(c1ccccc1Cl)C2.CSc1ncc2c(n1)NC(=O)N(c1ccccc1Cl)C2. The van der Waals surface area contributed by atoms with E-state index in [4.69, 9.17) is 23.2 Å². The van der Waals surface area contributed by atoms with Crippen molar-refractivity contribution >= 4 is 79.9 Å². The molecule has 12 nitrogen and oxygen atoms in total. The highest BCUT2D eigenvalue weighted by Crippen LogP contribution is 2.32. The lowest BCUT2D eigenvalue weighted by Gasteiger charge is -2.29. The molecule has 4 amide bonds. The number of hydrogen-bond acceptors (Lipinski definition) is 9. The first-order valence-electron chi connectivity index (χ1n) is 12.2. The molecule has 2 aliphatic rings. The summed E-state index contributed by atoms with van der Waals surface area (Å²) in [6, 6.07) is 13.5. The number of carbonyl (C=O) groups excluding carboxylic acids is 2. The van der Waals surface area contributed by atoms with Gasteiger partial charge in [0, 0.05) is 29.8 Å². The Bertz CT molecular complexity index is 1810. The number of hydrogen-bond donors (Lipinski definition) is 2. The van der Waals surface area contributed by atoms with Crippen LogP contribution in [0.2, 0.25) is 10.0 Å². The number of fused-ring (bicyclic) bond motifs is 2. The van der Waals surface area contributed by atoms with E-state index in [1.165, 1.54) is 22.9 Å². The molecule has 0 radical (unpaired) electrons. The summed E-state index contributed by atoms with van der Waals surface area (Å²) >= 11 is 13.7. The van der Waals surface area contributed by atoms with Crippen LogP contribution in [0.25, 0.3) is 0 Å². The van der Waals surface area contributed by atoms with E-state index >= 15 is 0 Å². The number of urea groups is 2. The number of nitrogens with one attached hydrogen (secondary N) is 2. The third kappa shape index (κ3) is 6.26. The Morgan fingerprint density at radius 2 is 1.26 bits per heavy atom. The molecule has 216 valence electrons. The molecule has 0 atom stereocenters. The van der Waals surface area contributed by atoms with E-state index < -0.39 is 15.9 Å². The maximum atomic E-state index is 12.2. The number of para-hydroxylation sites is 2. The van der Waals surface area contributed by atoms with Gasteiger partial charge in [-0.15, -0.1) is 0 Å². The van der Waals surface area contributed by atoms with Gasteiger partial charge in [0.1, 0.15) is 11.6 Å². The minimum absolute atomic E-state index is 0.198. The van der Waals surface area contributed by atoms with Gasteiger partial charge in [-0.2, -0.15) is 0 Å². The molecule has 0 bridgehead atoms. The molecular formula is C26H22Cl2N8O4S2. The Morgan fingerprint density at radius 3 is 1.74 bits per heavy atom. The Labute approximate surface area is 255 Å². The molecule has 4 aromatic rings. The van der Waals surface area contributed by atoms with E-state index in [1.807, 2.05) is 24.5 Å². The van der Waals surface area contributed by atoms with Gasteiger partial charge in [0.15, 0.2) is 5.16 Å². The van der Waals surface area contributed by atoms with Gasteiger partial charge >= 0.3 is 12.1 Å². The van der Waals surface area contributed by atoms with Crippen molar-refractivity contribution in [2.45, 2.75) is 23.4 Å². The van der Waals surface area contributed by atoms with E-state index in [9.17, 15) is 18.0 Å². The summed E-state index contributed by atoms with van der Waals surface area (Å²) < 4.78 is 22.9. The standard InChI is InChI=1S/C13H11ClN4O3S.C13H11ClN4OS/c1-22(20,21)12-15-6-8-7-18(13(19)17-11(8)16-12)10-5-3-2-4-9(10)14;1-20-12-15-6-8-7-18(13(19)17-11(8)16-12)10-5-3-2-4-9(10)14/h2-6H,7H2,1H3,(H,15,16,17,19);2-6H,7H2,1H3,(H,15,16,17,19). The molecule has 0 fully saturated rings. The second-order valence-electron chi connectivity index (χ2n) is 8.96. The van der Waals surface area contributed by atoms with E-state index in [0.29, 0.717) is 44.5 Å². The van der Waals surface area contributed by atoms with Gasteiger partial charge in [-0.3, -0.25) is 20.4 Å². The molecule has 42 heavy (non-hydrogen) atoms. The summed E-state index contributed by atoms with van der Waals surface area (Å²) in [7, 11) is -3.53. The smallest absolute Gasteiger partial charge is 0.291 e. The molecule has 0 unspecified atom stereocenters. The molecule has 0 spiro atoms. The largest absolute Gasteiger partial charge is 0.327 e. The Hall–Kier alpha value is -3.98. The van der Waals surface area contributed by atoms with Crippen molar-refractivity contribution < 1.29 is 18.0 Å². The Kier molecular flexibility index (Phi) is 8.50. The average molecular weight is 646 g/mol. The number of sulfone groups is 1. The van der Waals surface area contributed by atoms with Crippen LogP contribution >= 0.6 is 35.0 Å². The van der Waals surface area contributed by atoms with E-state index in [1.54, 1.807) is 41.4 Å². The molecule has 0 saturated heterocycles. The van der Waals surface area contributed by atoms with Gasteiger partial charge in [0.2, 0.25) is 15.0 Å². The normalized spacial score (nSPS) is 14.2. The van der Waals surface area contributed by atoms with Crippen LogP contribution in [-0.2, 0) is 22.9 Å². The topological polar surface area (TPSA) is 150 Å². The fourth-order valence-corrected chi connectivity index (χ4v) is 5.38. The number of amides is 4. The maximum Gasteiger partial charge on any atom is 0.327 e. The molecule has 0 aliphatic carbocycles. The van der Waals surface area contributed by atoms with Crippen molar-refractivity contribution in [2.24, 2.45) is 0 Å². The summed E-state index contributed by atoms with van der Waals surface area (Å²) in [5, 5.41) is 6.62. The molecule has 16 heteroatoms. The summed E-state index contributed by atoms with van der Waals surface area (Å²) in [5.74, 6) is 0.765. The fourth-order valence-electron chi connectivity index (χ4n) is 4.06. The van der Waals surface area contributed by atoms with Gasteiger partial charge in [0.25, 0.3) is 0 Å². The number of carbonyl (C=O) groups is 2. The van der Waals surface area contributed by atoms with Gasteiger partial charge in [-0.25, -0.2) is 37.9 Å². The second-order valence-corrected chi connectivity index (χ2v) is 12.5. The molecule has 2 aromatic carbocycles. The third-order valence-electron chi connectivity index (χ3n) is 6.08. The van der Waals surface area contributed by atoms with Crippen LogP contribution in [0, 0.1) is 0 Å². The molecule has 4 heterocycles. The lowest BCUT2D eigenvalue weighted by atomic mass is 10.2. The van der Waals surface area contributed by atoms with Crippen molar-refractivity contribution in [3.63, 3.8) is 0 Å². The summed E-state index contributed by atoms with van der Waals surface area (Å²) in [5.41, 5.74) is 2.69. The van der Waals surface area contributed by atoms with Crippen LogP contribution in [0.15, 0.2) is 71.2 Å². The highest BCUT2D eigenvalue weighted by Gasteiger charge is 2.28. The highest BCUT2D eigenvalue weighted by molar-refractivity contribution is 7.98. The molecule has 2 aliphatic heterocycles. The Morgan fingerprint density at radius 1 is 0.786 bits per heavy atom. The van der Waals surface area contributed by atoms with Crippen LogP contribution in [0.4, 0.5) is 32.6 Å². The number of aromatic nitrogens is 4. The third-order valence-corrected chi connectivity index (χ3v) is 8.14. The van der Waals surface area contributed by atoms with Crippen LogP contribution in [-0.4, -0.2) is 52.9 Å². The monoisotopic (exact) mass is 644 g/mol. The van der Waals surface area contributed by atoms with Gasteiger partial charge in [-0.05, 0) is 30.5 Å². The van der Waals surface area contributed by atoms with Gasteiger partial charge < -0.3 is 0 Å². The summed E-state index contributed by atoms with van der Waals surface area (Å²) in [4.78, 5) is 43.7. The molecule has 2 N–H and O–H groups in total. The molecule has 6 rings (SSSR count). The Balaban J connectivity index is 0.000000169. The van der Waals surface area contributed by atoms with E-state index in [0.717, 1.165) is 11.8 Å². The van der Waals surface area contributed by atoms with Crippen LogP contribution < -0.4 is 20.4 Å². The van der Waals surface area contributed by atoms with Crippen LogP contribution in [0.3, 0.4) is 0 Å². The maximum absolute atomic E-state index is 12.2. The molecular weight excluding hydrogens is 623 g/mol. The van der Waals surface area contributed by atoms with E-state index in [2.05, 4.69) is 30.6 Å². The van der Waals surface area contributed by atoms with E-state index in [-0.39, 0.29) is 23.6 Å². The molecule has 0 saturated carbocycles. The van der Waals surface area contributed by atoms with Crippen LogP contribution in [0.1, 0.15) is 11.1 Å². The quantitative estimate of drug-likeness (QED) is 0.217. The average Bonchev–Trinajstić information content (AvgIpc) is 2.96. The van der Waals surface area contributed by atoms with Crippen LogP contribution in [0.5, 0.6) is 0 Å². The summed E-state index contributed by atoms with van der Waals surface area (Å²) in [6.45, 7) is 0.606. The second kappa shape index (κ2) is 12.1. The number of anilines is 4. The minimum Gasteiger partial charge on any atom is -0.291 e. The minimum atomic E-state index is -3.53. The van der Waals surface area contributed by atoms with Crippen molar-refractivity contribution in [3.8, 4) is 0 Å². The van der Waals surface area contributed by atoms with Crippen molar-refractivity contribution in [1.82, 2.24) is 19.9 Å². The lowest BCUT2D eigenvalue weighted by Crippen LogP contribution is -2.39.